The van der Waals surface area contributed by atoms with Crippen LogP contribution in [0.5, 0.6) is 0 Å². The van der Waals surface area contributed by atoms with Crippen LogP contribution in [-0.4, -0.2) is 23.7 Å². The van der Waals surface area contributed by atoms with Crippen LogP contribution in [0.1, 0.15) is 46.8 Å². The SMILES string of the molecule is CCC(CC)NC(=O)c1cc(C)c(C#CCO)s1. The lowest BCUT2D eigenvalue weighted by Crippen LogP contribution is -2.33. The highest BCUT2D eigenvalue weighted by atomic mass is 32.1. The number of aliphatic hydroxyl groups is 1. The Balaban J connectivity index is 2.81. The predicted molar refractivity (Wildman–Crippen MR) is 74.9 cm³/mol. The normalized spacial score (nSPS) is 10.1. The summed E-state index contributed by atoms with van der Waals surface area (Å²) in [4.78, 5) is 13.5. The van der Waals surface area contributed by atoms with E-state index in [1.807, 2.05) is 13.0 Å². The predicted octanol–water partition coefficient (Wildman–Crippen LogP) is 2.32. The van der Waals surface area contributed by atoms with E-state index in [-0.39, 0.29) is 18.6 Å². The Hall–Kier alpha value is -1.31. The molecule has 0 aliphatic carbocycles. The van der Waals surface area contributed by atoms with Gasteiger partial charge in [0.05, 0.1) is 9.75 Å². The first-order chi connectivity index (χ1) is 8.62. The van der Waals surface area contributed by atoms with E-state index >= 15 is 0 Å². The summed E-state index contributed by atoms with van der Waals surface area (Å²) in [5.74, 6) is 5.43. The molecule has 0 radical (unpaired) electrons. The van der Waals surface area contributed by atoms with Gasteiger partial charge in [0.25, 0.3) is 5.91 Å². The van der Waals surface area contributed by atoms with Gasteiger partial charge in [0.1, 0.15) is 6.61 Å². The van der Waals surface area contributed by atoms with E-state index in [9.17, 15) is 4.79 Å². The lowest BCUT2D eigenvalue weighted by molar-refractivity contribution is 0.0939. The van der Waals surface area contributed by atoms with E-state index in [4.69, 9.17) is 5.11 Å². The summed E-state index contributed by atoms with van der Waals surface area (Å²) in [5, 5.41) is 11.7. The van der Waals surface area contributed by atoms with Gasteiger partial charge >= 0.3 is 0 Å². The van der Waals surface area contributed by atoms with Crippen LogP contribution < -0.4 is 5.32 Å². The van der Waals surface area contributed by atoms with Gasteiger partial charge in [-0.2, -0.15) is 0 Å². The zero-order valence-electron chi connectivity index (χ0n) is 11.0. The molecule has 0 spiro atoms. The fourth-order valence-corrected chi connectivity index (χ4v) is 2.54. The van der Waals surface area contributed by atoms with Crippen molar-refractivity contribution in [1.29, 1.82) is 0 Å². The smallest absolute Gasteiger partial charge is 0.261 e. The molecule has 1 amide bonds. The van der Waals surface area contributed by atoms with E-state index in [2.05, 4.69) is 31.0 Å². The average Bonchev–Trinajstić information content (AvgIpc) is 2.74. The molecule has 0 fully saturated rings. The molecule has 0 saturated heterocycles. The minimum Gasteiger partial charge on any atom is -0.384 e. The Morgan fingerprint density at radius 2 is 2.17 bits per heavy atom. The third kappa shape index (κ3) is 3.86. The number of carbonyl (C=O) groups is 1. The number of aryl methyl sites for hydroxylation is 1. The highest BCUT2D eigenvalue weighted by Gasteiger charge is 2.14. The molecule has 3 nitrogen and oxygen atoms in total. The number of rotatable bonds is 4. The summed E-state index contributed by atoms with van der Waals surface area (Å²) in [6.07, 6.45) is 1.87. The fraction of sp³-hybridized carbons (Fsp3) is 0.500. The Morgan fingerprint density at radius 3 is 2.72 bits per heavy atom. The molecule has 0 aliphatic rings. The second-order valence-electron chi connectivity index (χ2n) is 4.07. The highest BCUT2D eigenvalue weighted by molar-refractivity contribution is 7.14. The molecule has 1 rings (SSSR count). The molecule has 1 heterocycles. The van der Waals surface area contributed by atoms with Gasteiger partial charge in [-0.1, -0.05) is 25.7 Å². The van der Waals surface area contributed by atoms with Crippen molar-refractivity contribution in [2.24, 2.45) is 0 Å². The first-order valence-corrected chi connectivity index (χ1v) is 6.95. The number of carbonyl (C=O) groups excluding carboxylic acids is 1. The summed E-state index contributed by atoms with van der Waals surface area (Å²) < 4.78 is 0. The van der Waals surface area contributed by atoms with Crippen molar-refractivity contribution in [2.75, 3.05) is 6.61 Å². The van der Waals surface area contributed by atoms with Crippen LogP contribution in [0, 0.1) is 18.8 Å². The van der Waals surface area contributed by atoms with Crippen molar-refractivity contribution >= 4 is 17.2 Å². The lowest BCUT2D eigenvalue weighted by Gasteiger charge is -2.13. The minimum absolute atomic E-state index is 0.0335. The average molecular weight is 265 g/mol. The number of aliphatic hydroxyl groups excluding tert-OH is 1. The van der Waals surface area contributed by atoms with Crippen molar-refractivity contribution in [3.05, 3.63) is 21.4 Å². The quantitative estimate of drug-likeness (QED) is 0.821. The molecule has 0 aromatic carbocycles. The molecule has 0 atom stereocenters. The summed E-state index contributed by atoms with van der Waals surface area (Å²) >= 11 is 1.37. The Morgan fingerprint density at radius 1 is 1.50 bits per heavy atom. The van der Waals surface area contributed by atoms with Gasteiger partial charge in [0.2, 0.25) is 0 Å². The number of nitrogens with one attached hydrogen (secondary N) is 1. The summed E-state index contributed by atoms with van der Waals surface area (Å²) in [6, 6.07) is 2.08. The van der Waals surface area contributed by atoms with Gasteiger partial charge in [0, 0.05) is 6.04 Å². The van der Waals surface area contributed by atoms with Gasteiger partial charge in [0.15, 0.2) is 0 Å². The third-order valence-electron chi connectivity index (χ3n) is 2.74. The molecule has 18 heavy (non-hydrogen) atoms. The molecule has 1 aromatic heterocycles. The second-order valence-corrected chi connectivity index (χ2v) is 5.12. The van der Waals surface area contributed by atoms with E-state index in [1.54, 1.807) is 0 Å². The molecule has 4 heteroatoms. The van der Waals surface area contributed by atoms with E-state index < -0.39 is 0 Å². The third-order valence-corrected chi connectivity index (χ3v) is 3.89. The van der Waals surface area contributed by atoms with Gasteiger partial charge < -0.3 is 10.4 Å². The van der Waals surface area contributed by atoms with Gasteiger partial charge in [-0.3, -0.25) is 4.79 Å². The zero-order chi connectivity index (χ0) is 13.5. The van der Waals surface area contributed by atoms with Crippen LogP contribution in [0.2, 0.25) is 0 Å². The molecule has 1 aromatic rings. The minimum atomic E-state index is -0.160. The largest absolute Gasteiger partial charge is 0.384 e. The van der Waals surface area contributed by atoms with E-state index in [0.717, 1.165) is 23.3 Å². The highest BCUT2D eigenvalue weighted by Crippen LogP contribution is 2.21. The van der Waals surface area contributed by atoms with Crippen molar-refractivity contribution in [2.45, 2.75) is 39.7 Å². The first kappa shape index (κ1) is 14.7. The summed E-state index contributed by atoms with van der Waals surface area (Å²) in [5.41, 5.74) is 0.982. The molecule has 2 N–H and O–H groups in total. The van der Waals surface area contributed by atoms with Crippen molar-refractivity contribution in [1.82, 2.24) is 5.32 Å². The monoisotopic (exact) mass is 265 g/mol. The zero-order valence-corrected chi connectivity index (χ0v) is 11.9. The fourth-order valence-electron chi connectivity index (χ4n) is 1.59. The molecule has 0 saturated carbocycles. The van der Waals surface area contributed by atoms with Crippen LogP contribution in [0.25, 0.3) is 0 Å². The van der Waals surface area contributed by atoms with Crippen LogP contribution in [0.4, 0.5) is 0 Å². The van der Waals surface area contributed by atoms with Crippen molar-refractivity contribution in [3.63, 3.8) is 0 Å². The van der Waals surface area contributed by atoms with E-state index in [0.29, 0.717) is 4.88 Å². The molecule has 98 valence electrons. The van der Waals surface area contributed by atoms with Crippen LogP contribution >= 0.6 is 11.3 Å². The van der Waals surface area contributed by atoms with Crippen molar-refractivity contribution < 1.29 is 9.90 Å². The van der Waals surface area contributed by atoms with Crippen LogP contribution in [0.15, 0.2) is 6.07 Å². The van der Waals surface area contributed by atoms with Crippen LogP contribution in [0.3, 0.4) is 0 Å². The number of thiophene rings is 1. The molecule has 0 unspecified atom stereocenters. The van der Waals surface area contributed by atoms with Gasteiger partial charge in [-0.25, -0.2) is 0 Å². The van der Waals surface area contributed by atoms with Gasteiger partial charge in [-0.15, -0.1) is 11.3 Å². The first-order valence-electron chi connectivity index (χ1n) is 6.13. The molecular weight excluding hydrogens is 246 g/mol. The maximum atomic E-state index is 12.0. The molecule has 0 aliphatic heterocycles. The van der Waals surface area contributed by atoms with Gasteiger partial charge in [-0.05, 0) is 31.4 Å². The maximum absolute atomic E-state index is 12.0. The lowest BCUT2D eigenvalue weighted by atomic mass is 10.1. The Kier molecular flexibility index (Phi) is 5.90. The molecule has 0 bridgehead atoms. The Bertz CT molecular complexity index is 464. The maximum Gasteiger partial charge on any atom is 0.261 e. The summed E-state index contributed by atoms with van der Waals surface area (Å²) in [6.45, 7) is 5.89. The number of hydrogen-bond acceptors (Lipinski definition) is 3. The Labute approximate surface area is 112 Å². The molecular formula is C14H19NO2S. The number of amides is 1. The van der Waals surface area contributed by atoms with Crippen LogP contribution in [-0.2, 0) is 0 Å². The standard InChI is InChI=1S/C14H19NO2S/c1-4-11(5-2)15-14(17)13-9-10(3)12(18-13)7-6-8-16/h9,11,16H,4-5,8H2,1-3H3,(H,15,17). The topological polar surface area (TPSA) is 49.3 Å². The second kappa shape index (κ2) is 7.20. The number of hydrogen-bond donors (Lipinski definition) is 2. The van der Waals surface area contributed by atoms with E-state index in [1.165, 1.54) is 11.3 Å². The van der Waals surface area contributed by atoms with Crippen molar-refractivity contribution in [3.8, 4) is 11.8 Å². The summed E-state index contributed by atoms with van der Waals surface area (Å²) in [7, 11) is 0.